The minimum Gasteiger partial charge on any atom is -0.453 e. The molecular weight excluding hydrogens is 274 g/mol. The fraction of sp³-hybridized carbons (Fsp3) is 0.0667. The van der Waals surface area contributed by atoms with Crippen molar-refractivity contribution >= 4 is 11.6 Å². The van der Waals surface area contributed by atoms with E-state index in [-0.39, 0.29) is 0 Å². The van der Waals surface area contributed by atoms with Crippen LogP contribution in [0.1, 0.15) is 5.69 Å². The summed E-state index contributed by atoms with van der Waals surface area (Å²) in [7, 11) is 0. The van der Waals surface area contributed by atoms with Gasteiger partial charge in [0.1, 0.15) is 5.75 Å². The molecule has 0 fully saturated rings. The summed E-state index contributed by atoms with van der Waals surface area (Å²) < 4.78 is 7.75. The Hall–Kier alpha value is -2.33. The maximum Gasteiger partial charge on any atom is 0.197 e. The highest BCUT2D eigenvalue weighted by atomic mass is 35.5. The van der Waals surface area contributed by atoms with Gasteiger partial charge in [0.25, 0.3) is 0 Å². The Bertz CT molecular complexity index is 826. The van der Waals surface area contributed by atoms with E-state index in [0.717, 1.165) is 22.7 Å². The average molecular weight is 284 g/mol. The number of rotatable bonds is 0. The van der Waals surface area contributed by atoms with E-state index in [0.29, 0.717) is 16.6 Å². The summed E-state index contributed by atoms with van der Waals surface area (Å²) in [4.78, 5) is 4.38. The van der Waals surface area contributed by atoms with Gasteiger partial charge >= 0.3 is 0 Å². The van der Waals surface area contributed by atoms with E-state index in [4.69, 9.17) is 16.3 Å². The van der Waals surface area contributed by atoms with E-state index in [1.807, 2.05) is 43.3 Å². The summed E-state index contributed by atoms with van der Waals surface area (Å²) in [5.74, 6) is 2.11. The van der Waals surface area contributed by atoms with Crippen LogP contribution in [0.3, 0.4) is 0 Å². The SMILES string of the molecule is Cc1cc2n(n1)-c1ncccc1Oc1ccc(Cl)cc1-2. The molecule has 98 valence electrons. The number of hydrogen-bond acceptors (Lipinski definition) is 3. The Kier molecular flexibility index (Phi) is 2.35. The van der Waals surface area contributed by atoms with Crippen LogP contribution in [-0.2, 0) is 0 Å². The van der Waals surface area contributed by atoms with E-state index >= 15 is 0 Å². The molecular formula is C15H10ClN3O. The van der Waals surface area contributed by atoms with Crippen LogP contribution >= 0.6 is 11.6 Å². The van der Waals surface area contributed by atoms with Crippen LogP contribution in [-0.4, -0.2) is 14.8 Å². The zero-order valence-corrected chi connectivity index (χ0v) is 11.4. The molecule has 0 amide bonds. The number of aryl methyl sites for hydroxylation is 1. The molecule has 0 bridgehead atoms. The molecule has 0 N–H and O–H groups in total. The van der Waals surface area contributed by atoms with E-state index < -0.39 is 0 Å². The second-order valence-corrected chi connectivity index (χ2v) is 5.09. The summed E-state index contributed by atoms with van der Waals surface area (Å²) >= 11 is 6.11. The second-order valence-electron chi connectivity index (χ2n) is 4.65. The number of benzene rings is 1. The molecule has 1 aromatic carbocycles. The fourth-order valence-corrected chi connectivity index (χ4v) is 2.56. The van der Waals surface area contributed by atoms with Crippen molar-refractivity contribution < 1.29 is 4.74 Å². The Morgan fingerprint density at radius 1 is 1.15 bits per heavy atom. The van der Waals surface area contributed by atoms with Crippen molar-refractivity contribution in [2.75, 3.05) is 0 Å². The number of fused-ring (bicyclic) bond motifs is 5. The third-order valence-corrected chi connectivity index (χ3v) is 3.46. The van der Waals surface area contributed by atoms with Crippen LogP contribution in [0, 0.1) is 6.92 Å². The highest BCUT2D eigenvalue weighted by Gasteiger charge is 2.22. The molecule has 2 aromatic heterocycles. The quantitative estimate of drug-likeness (QED) is 0.490. The van der Waals surface area contributed by atoms with Gasteiger partial charge in [0.2, 0.25) is 0 Å². The lowest BCUT2D eigenvalue weighted by Gasteiger charge is -2.07. The summed E-state index contributed by atoms with van der Waals surface area (Å²) in [5, 5.41) is 5.18. The summed E-state index contributed by atoms with van der Waals surface area (Å²) in [6.07, 6.45) is 1.73. The summed E-state index contributed by atoms with van der Waals surface area (Å²) in [6, 6.07) is 11.3. The predicted octanol–water partition coefficient (Wildman–Crippen LogP) is 4.00. The number of aromatic nitrogens is 3. The molecule has 0 unspecified atom stereocenters. The van der Waals surface area contributed by atoms with Crippen molar-refractivity contribution in [2.45, 2.75) is 6.92 Å². The van der Waals surface area contributed by atoms with Crippen molar-refractivity contribution in [2.24, 2.45) is 0 Å². The lowest BCUT2D eigenvalue weighted by molar-refractivity contribution is 0.481. The van der Waals surface area contributed by atoms with Gasteiger partial charge in [-0.15, -0.1) is 0 Å². The average Bonchev–Trinajstić information content (AvgIpc) is 2.78. The van der Waals surface area contributed by atoms with Crippen molar-refractivity contribution in [3.63, 3.8) is 0 Å². The van der Waals surface area contributed by atoms with Crippen molar-refractivity contribution in [3.8, 4) is 28.6 Å². The predicted molar refractivity (Wildman–Crippen MR) is 76.6 cm³/mol. The molecule has 4 rings (SSSR count). The van der Waals surface area contributed by atoms with Crippen LogP contribution in [0.4, 0.5) is 0 Å². The third-order valence-electron chi connectivity index (χ3n) is 3.22. The first-order valence-electron chi connectivity index (χ1n) is 6.22. The fourth-order valence-electron chi connectivity index (χ4n) is 2.38. The topological polar surface area (TPSA) is 39.9 Å². The van der Waals surface area contributed by atoms with Gasteiger partial charge < -0.3 is 4.74 Å². The van der Waals surface area contributed by atoms with E-state index in [9.17, 15) is 0 Å². The summed E-state index contributed by atoms with van der Waals surface area (Å²) in [6.45, 7) is 1.95. The molecule has 3 heterocycles. The third kappa shape index (κ3) is 1.62. The van der Waals surface area contributed by atoms with E-state index in [1.165, 1.54) is 0 Å². The van der Waals surface area contributed by atoms with Crippen molar-refractivity contribution in [1.82, 2.24) is 14.8 Å². The van der Waals surface area contributed by atoms with E-state index in [1.54, 1.807) is 10.9 Å². The van der Waals surface area contributed by atoms with E-state index in [2.05, 4.69) is 10.1 Å². The van der Waals surface area contributed by atoms with Crippen LogP contribution in [0.5, 0.6) is 11.5 Å². The number of halogens is 1. The number of pyridine rings is 1. The first kappa shape index (κ1) is 11.5. The Labute approximate surface area is 120 Å². The minimum absolute atomic E-state index is 0.664. The molecule has 4 nitrogen and oxygen atoms in total. The first-order chi connectivity index (χ1) is 9.72. The van der Waals surface area contributed by atoms with Crippen LogP contribution in [0.15, 0.2) is 42.6 Å². The molecule has 0 aliphatic carbocycles. The van der Waals surface area contributed by atoms with Crippen molar-refractivity contribution in [3.05, 3.63) is 53.3 Å². The van der Waals surface area contributed by atoms with Gasteiger partial charge in [-0.05, 0) is 43.3 Å². The Morgan fingerprint density at radius 2 is 2.05 bits per heavy atom. The molecule has 20 heavy (non-hydrogen) atoms. The number of ether oxygens (including phenoxy) is 1. The smallest absolute Gasteiger partial charge is 0.197 e. The zero-order valence-electron chi connectivity index (χ0n) is 10.7. The normalized spacial score (nSPS) is 11.9. The zero-order chi connectivity index (χ0) is 13.7. The highest BCUT2D eigenvalue weighted by Crippen LogP contribution is 2.41. The summed E-state index contributed by atoms with van der Waals surface area (Å²) in [5.41, 5.74) is 2.76. The lowest BCUT2D eigenvalue weighted by Crippen LogP contribution is -2.01. The molecule has 0 saturated heterocycles. The monoisotopic (exact) mass is 283 g/mol. The molecule has 3 aromatic rings. The number of nitrogens with zero attached hydrogens (tertiary/aromatic N) is 3. The van der Waals surface area contributed by atoms with Gasteiger partial charge in [0.15, 0.2) is 11.6 Å². The van der Waals surface area contributed by atoms with Gasteiger partial charge in [-0.3, -0.25) is 0 Å². The largest absolute Gasteiger partial charge is 0.453 e. The van der Waals surface area contributed by atoms with Gasteiger partial charge in [0.05, 0.1) is 11.4 Å². The minimum atomic E-state index is 0.664. The standard InChI is InChI=1S/C15H10ClN3O/c1-9-7-12-11-8-10(16)4-5-13(11)20-14-3-2-6-17-15(14)19(12)18-9/h2-8H,1H3. The maximum absolute atomic E-state index is 6.11. The molecule has 5 heteroatoms. The van der Waals surface area contributed by atoms with Gasteiger partial charge in [-0.1, -0.05) is 11.6 Å². The molecule has 0 radical (unpaired) electrons. The number of hydrogen-bond donors (Lipinski definition) is 0. The molecule has 0 saturated carbocycles. The van der Waals surface area contributed by atoms with Gasteiger partial charge in [-0.2, -0.15) is 5.10 Å². The highest BCUT2D eigenvalue weighted by molar-refractivity contribution is 6.31. The maximum atomic E-state index is 6.11. The molecule has 0 spiro atoms. The lowest BCUT2D eigenvalue weighted by atomic mass is 10.1. The molecule has 0 atom stereocenters. The Balaban J connectivity index is 2.11. The Morgan fingerprint density at radius 3 is 2.95 bits per heavy atom. The molecule has 1 aliphatic rings. The second kappa shape index (κ2) is 4.08. The van der Waals surface area contributed by atoms with Crippen molar-refractivity contribution in [1.29, 1.82) is 0 Å². The van der Waals surface area contributed by atoms with Gasteiger partial charge in [0, 0.05) is 16.8 Å². The first-order valence-corrected chi connectivity index (χ1v) is 6.60. The van der Waals surface area contributed by atoms with Crippen LogP contribution in [0.2, 0.25) is 5.02 Å². The van der Waals surface area contributed by atoms with Crippen LogP contribution in [0.25, 0.3) is 17.1 Å². The van der Waals surface area contributed by atoms with Crippen LogP contribution < -0.4 is 4.74 Å². The molecule has 1 aliphatic heterocycles. The van der Waals surface area contributed by atoms with Gasteiger partial charge in [-0.25, -0.2) is 9.67 Å².